The van der Waals surface area contributed by atoms with Crippen molar-refractivity contribution in [3.63, 3.8) is 0 Å². The van der Waals surface area contributed by atoms with E-state index < -0.39 is 0 Å². The first-order valence-corrected chi connectivity index (χ1v) is 7.22. The molecule has 1 saturated heterocycles. The van der Waals surface area contributed by atoms with Crippen LogP contribution in [0.15, 0.2) is 41.8 Å². The summed E-state index contributed by atoms with van der Waals surface area (Å²) in [5.74, 6) is 0. The van der Waals surface area contributed by atoms with Crippen molar-refractivity contribution in [3.8, 4) is 11.1 Å². The SMILES string of the molecule is O[C@@H]1CCN(Cc2cc(-c3ccccc3)cs2)C1. The molecule has 3 heteroatoms. The smallest absolute Gasteiger partial charge is 0.0679 e. The third kappa shape index (κ3) is 2.64. The van der Waals surface area contributed by atoms with Gasteiger partial charge in [-0.25, -0.2) is 0 Å². The topological polar surface area (TPSA) is 23.5 Å². The highest BCUT2D eigenvalue weighted by Gasteiger charge is 2.20. The Morgan fingerprint density at radius 2 is 2.06 bits per heavy atom. The van der Waals surface area contributed by atoms with Crippen molar-refractivity contribution in [2.75, 3.05) is 13.1 Å². The molecular weight excluding hydrogens is 242 g/mol. The van der Waals surface area contributed by atoms with Gasteiger partial charge in [0, 0.05) is 24.5 Å². The highest BCUT2D eigenvalue weighted by atomic mass is 32.1. The molecule has 94 valence electrons. The highest BCUT2D eigenvalue weighted by molar-refractivity contribution is 7.10. The average Bonchev–Trinajstić information content (AvgIpc) is 3.01. The Morgan fingerprint density at radius 3 is 2.78 bits per heavy atom. The van der Waals surface area contributed by atoms with Gasteiger partial charge in [0.2, 0.25) is 0 Å². The van der Waals surface area contributed by atoms with Crippen LogP contribution in [-0.4, -0.2) is 29.2 Å². The lowest BCUT2D eigenvalue weighted by Crippen LogP contribution is -2.20. The van der Waals surface area contributed by atoms with Crippen molar-refractivity contribution in [2.24, 2.45) is 0 Å². The lowest BCUT2D eigenvalue weighted by atomic mass is 10.1. The molecule has 3 rings (SSSR count). The first kappa shape index (κ1) is 11.9. The van der Waals surface area contributed by atoms with Crippen molar-refractivity contribution < 1.29 is 5.11 Å². The molecule has 1 atom stereocenters. The van der Waals surface area contributed by atoms with Crippen LogP contribution >= 0.6 is 11.3 Å². The Labute approximate surface area is 112 Å². The molecule has 1 aliphatic rings. The van der Waals surface area contributed by atoms with Crippen LogP contribution in [0.2, 0.25) is 0 Å². The van der Waals surface area contributed by atoms with Crippen LogP contribution in [0.3, 0.4) is 0 Å². The maximum absolute atomic E-state index is 9.52. The summed E-state index contributed by atoms with van der Waals surface area (Å²) in [6.07, 6.45) is 0.787. The number of rotatable bonds is 3. The zero-order valence-corrected chi connectivity index (χ0v) is 11.1. The van der Waals surface area contributed by atoms with Gasteiger partial charge in [-0.3, -0.25) is 4.90 Å². The predicted molar refractivity (Wildman–Crippen MR) is 75.7 cm³/mol. The van der Waals surface area contributed by atoms with E-state index in [1.54, 1.807) is 0 Å². The molecule has 0 amide bonds. The van der Waals surface area contributed by atoms with E-state index in [-0.39, 0.29) is 6.10 Å². The molecule has 1 aliphatic heterocycles. The largest absolute Gasteiger partial charge is 0.392 e. The first-order chi connectivity index (χ1) is 8.81. The molecule has 1 fully saturated rings. The van der Waals surface area contributed by atoms with Gasteiger partial charge in [-0.2, -0.15) is 0 Å². The van der Waals surface area contributed by atoms with Gasteiger partial charge in [-0.1, -0.05) is 30.3 Å². The first-order valence-electron chi connectivity index (χ1n) is 6.34. The van der Waals surface area contributed by atoms with E-state index in [1.165, 1.54) is 16.0 Å². The molecule has 1 aromatic carbocycles. The number of hydrogen-bond donors (Lipinski definition) is 1. The van der Waals surface area contributed by atoms with Crippen molar-refractivity contribution in [2.45, 2.75) is 19.1 Å². The number of thiophene rings is 1. The summed E-state index contributed by atoms with van der Waals surface area (Å²) in [4.78, 5) is 3.70. The van der Waals surface area contributed by atoms with Gasteiger partial charge in [-0.15, -0.1) is 11.3 Å². The number of aliphatic hydroxyl groups is 1. The van der Waals surface area contributed by atoms with Gasteiger partial charge in [0.25, 0.3) is 0 Å². The number of aliphatic hydroxyl groups excluding tert-OH is 1. The van der Waals surface area contributed by atoms with Crippen molar-refractivity contribution in [3.05, 3.63) is 46.7 Å². The minimum absolute atomic E-state index is 0.126. The minimum Gasteiger partial charge on any atom is -0.392 e. The maximum atomic E-state index is 9.52. The summed E-state index contributed by atoms with van der Waals surface area (Å²) in [7, 11) is 0. The lowest BCUT2D eigenvalue weighted by Gasteiger charge is -2.12. The van der Waals surface area contributed by atoms with Gasteiger partial charge in [0.15, 0.2) is 0 Å². The zero-order chi connectivity index (χ0) is 12.4. The molecular formula is C15H17NOS. The Balaban J connectivity index is 1.70. The van der Waals surface area contributed by atoms with Gasteiger partial charge >= 0.3 is 0 Å². The fraction of sp³-hybridized carbons (Fsp3) is 0.333. The van der Waals surface area contributed by atoms with E-state index >= 15 is 0 Å². The Kier molecular flexibility index (Phi) is 3.46. The minimum atomic E-state index is -0.126. The van der Waals surface area contributed by atoms with Crippen LogP contribution in [0.5, 0.6) is 0 Å². The van der Waals surface area contributed by atoms with Crippen LogP contribution in [0.4, 0.5) is 0 Å². The Morgan fingerprint density at radius 1 is 1.22 bits per heavy atom. The molecule has 2 heterocycles. The fourth-order valence-corrected chi connectivity index (χ4v) is 3.36. The second-order valence-corrected chi connectivity index (χ2v) is 5.84. The highest BCUT2D eigenvalue weighted by Crippen LogP contribution is 2.27. The molecule has 0 unspecified atom stereocenters. The third-order valence-corrected chi connectivity index (χ3v) is 4.31. The monoisotopic (exact) mass is 259 g/mol. The molecule has 0 aliphatic carbocycles. The maximum Gasteiger partial charge on any atom is 0.0679 e. The summed E-state index contributed by atoms with van der Waals surface area (Å²) < 4.78 is 0. The van der Waals surface area contributed by atoms with Crippen LogP contribution < -0.4 is 0 Å². The summed E-state index contributed by atoms with van der Waals surface area (Å²) in [5.41, 5.74) is 2.58. The van der Waals surface area contributed by atoms with Crippen molar-refractivity contribution in [1.82, 2.24) is 4.90 Å². The summed E-state index contributed by atoms with van der Waals surface area (Å²) in [5, 5.41) is 11.7. The van der Waals surface area contributed by atoms with E-state index in [0.717, 1.165) is 26.1 Å². The summed E-state index contributed by atoms with van der Waals surface area (Å²) in [6, 6.07) is 12.7. The molecule has 1 aromatic heterocycles. The quantitative estimate of drug-likeness (QED) is 0.916. The number of nitrogens with zero attached hydrogens (tertiary/aromatic N) is 1. The standard InChI is InChI=1S/C15H17NOS/c17-14-6-7-16(9-14)10-15-8-13(11-18-15)12-4-2-1-3-5-12/h1-5,8,11,14,17H,6-7,9-10H2/t14-/m1/s1. The number of β-amino-alcohol motifs (C(OH)–C–C–N with tert-alkyl or cyclic N) is 1. The number of benzene rings is 1. The summed E-state index contributed by atoms with van der Waals surface area (Å²) in [6.45, 7) is 2.80. The molecule has 1 N–H and O–H groups in total. The van der Waals surface area contributed by atoms with Gasteiger partial charge in [-0.05, 0) is 29.0 Å². The van der Waals surface area contributed by atoms with E-state index in [1.807, 2.05) is 17.4 Å². The van der Waals surface area contributed by atoms with Crippen LogP contribution in [0, 0.1) is 0 Å². The summed E-state index contributed by atoms with van der Waals surface area (Å²) >= 11 is 1.81. The van der Waals surface area contributed by atoms with Crippen molar-refractivity contribution >= 4 is 11.3 Å². The van der Waals surface area contributed by atoms with E-state index in [4.69, 9.17) is 0 Å². The van der Waals surface area contributed by atoms with Crippen LogP contribution in [0.25, 0.3) is 11.1 Å². The second kappa shape index (κ2) is 5.22. The van der Waals surface area contributed by atoms with Gasteiger partial charge in [0.05, 0.1) is 6.10 Å². The molecule has 0 bridgehead atoms. The molecule has 0 radical (unpaired) electrons. The van der Waals surface area contributed by atoms with E-state index in [0.29, 0.717) is 0 Å². The Bertz CT molecular complexity index is 508. The number of hydrogen-bond acceptors (Lipinski definition) is 3. The van der Waals surface area contributed by atoms with Gasteiger partial charge in [0.1, 0.15) is 0 Å². The fourth-order valence-electron chi connectivity index (χ4n) is 2.42. The zero-order valence-electron chi connectivity index (χ0n) is 10.2. The van der Waals surface area contributed by atoms with E-state index in [9.17, 15) is 5.11 Å². The van der Waals surface area contributed by atoms with Crippen LogP contribution in [0.1, 0.15) is 11.3 Å². The molecule has 2 nitrogen and oxygen atoms in total. The Hall–Kier alpha value is -1.16. The van der Waals surface area contributed by atoms with E-state index in [2.05, 4.69) is 40.6 Å². The third-order valence-electron chi connectivity index (χ3n) is 3.39. The molecule has 2 aromatic rings. The van der Waals surface area contributed by atoms with Gasteiger partial charge < -0.3 is 5.11 Å². The molecule has 0 spiro atoms. The lowest BCUT2D eigenvalue weighted by molar-refractivity contribution is 0.175. The molecule has 0 saturated carbocycles. The molecule has 18 heavy (non-hydrogen) atoms. The average molecular weight is 259 g/mol. The van der Waals surface area contributed by atoms with Crippen LogP contribution in [-0.2, 0) is 6.54 Å². The predicted octanol–water partition coefficient (Wildman–Crippen LogP) is 2.98. The van der Waals surface area contributed by atoms with Crippen molar-refractivity contribution in [1.29, 1.82) is 0 Å². The second-order valence-electron chi connectivity index (χ2n) is 4.85. The number of likely N-dealkylation sites (tertiary alicyclic amines) is 1. The normalized spacial score (nSPS) is 20.4.